The molecule has 1 heterocycles. The van der Waals surface area contributed by atoms with Crippen molar-refractivity contribution in [3.63, 3.8) is 0 Å². The maximum atomic E-state index is 12.6. The van der Waals surface area contributed by atoms with Crippen LogP contribution < -0.4 is 10.1 Å². The zero-order chi connectivity index (χ0) is 15.5. The first-order chi connectivity index (χ1) is 9.95. The van der Waals surface area contributed by atoms with Gasteiger partial charge in [-0.2, -0.15) is 0 Å². The number of para-hydroxylation sites is 1. The van der Waals surface area contributed by atoms with E-state index < -0.39 is 11.1 Å². The molecule has 0 saturated heterocycles. The van der Waals surface area contributed by atoms with Gasteiger partial charge < -0.3 is 14.2 Å². The number of benzene rings is 1. The Hall–Kier alpha value is -1.59. The summed E-state index contributed by atoms with van der Waals surface area (Å²) in [4.78, 5) is 12.6. The molecule has 0 amide bonds. The third kappa shape index (κ3) is 3.04. The van der Waals surface area contributed by atoms with Crippen molar-refractivity contribution in [2.24, 2.45) is 0 Å². The van der Waals surface area contributed by atoms with E-state index in [1.807, 2.05) is 38.1 Å². The Morgan fingerprint density at radius 1 is 1.33 bits per heavy atom. The SMILES string of the molecule is COCCNC1(C(=O)OC)CC(C)(C)Oc2ccccc21. The molecule has 0 bridgehead atoms. The van der Waals surface area contributed by atoms with Crippen LogP contribution in [0, 0.1) is 0 Å². The summed E-state index contributed by atoms with van der Waals surface area (Å²) in [6, 6.07) is 7.58. The third-order valence-electron chi connectivity index (χ3n) is 3.69. The van der Waals surface area contributed by atoms with Crippen LogP contribution in [-0.4, -0.2) is 38.9 Å². The Morgan fingerprint density at radius 3 is 2.71 bits per heavy atom. The van der Waals surface area contributed by atoms with Crippen LogP contribution in [0.5, 0.6) is 5.75 Å². The molecule has 0 aliphatic carbocycles. The molecule has 5 heteroatoms. The number of rotatable bonds is 5. The van der Waals surface area contributed by atoms with E-state index in [1.165, 1.54) is 7.11 Å². The van der Waals surface area contributed by atoms with Crippen molar-refractivity contribution < 1.29 is 19.0 Å². The van der Waals surface area contributed by atoms with Gasteiger partial charge in [-0.05, 0) is 19.9 Å². The molecule has 1 N–H and O–H groups in total. The second-order valence-electron chi connectivity index (χ2n) is 5.85. The molecule has 0 fully saturated rings. The molecule has 0 saturated carbocycles. The van der Waals surface area contributed by atoms with Gasteiger partial charge >= 0.3 is 5.97 Å². The number of hydrogen-bond acceptors (Lipinski definition) is 5. The molecular formula is C16H23NO4. The van der Waals surface area contributed by atoms with E-state index >= 15 is 0 Å². The Labute approximate surface area is 125 Å². The summed E-state index contributed by atoms with van der Waals surface area (Å²) in [5.74, 6) is 0.409. The summed E-state index contributed by atoms with van der Waals surface area (Å²) in [5, 5.41) is 3.32. The minimum absolute atomic E-state index is 0.303. The molecule has 1 unspecified atom stereocenters. The van der Waals surface area contributed by atoms with Gasteiger partial charge in [-0.15, -0.1) is 0 Å². The lowest BCUT2D eigenvalue weighted by molar-refractivity contribution is -0.153. The van der Waals surface area contributed by atoms with Crippen LogP contribution in [0.2, 0.25) is 0 Å². The summed E-state index contributed by atoms with van der Waals surface area (Å²) in [7, 11) is 3.04. The lowest BCUT2D eigenvalue weighted by Gasteiger charge is -2.44. The minimum atomic E-state index is -0.911. The molecule has 1 aliphatic rings. The van der Waals surface area contributed by atoms with Gasteiger partial charge in [0, 0.05) is 25.6 Å². The highest BCUT2D eigenvalue weighted by atomic mass is 16.5. The monoisotopic (exact) mass is 293 g/mol. The summed E-state index contributed by atoms with van der Waals surface area (Å²) in [5.41, 5.74) is -0.568. The standard InChI is InChI=1S/C16H23NO4/c1-15(2)11-16(14(18)20-4,17-9-10-19-3)12-7-5-6-8-13(12)21-15/h5-8,17H,9-11H2,1-4H3. The minimum Gasteiger partial charge on any atom is -0.487 e. The van der Waals surface area contributed by atoms with Crippen molar-refractivity contribution in [1.82, 2.24) is 5.32 Å². The Bertz CT molecular complexity index is 515. The largest absolute Gasteiger partial charge is 0.487 e. The number of hydrogen-bond donors (Lipinski definition) is 1. The van der Waals surface area contributed by atoms with Crippen molar-refractivity contribution in [2.75, 3.05) is 27.4 Å². The topological polar surface area (TPSA) is 56.8 Å². The molecule has 1 aromatic rings. The fourth-order valence-electron chi connectivity index (χ4n) is 2.93. The summed E-state index contributed by atoms with van der Waals surface area (Å²) >= 11 is 0. The average Bonchev–Trinajstić information content (AvgIpc) is 2.45. The van der Waals surface area contributed by atoms with E-state index in [0.29, 0.717) is 25.3 Å². The van der Waals surface area contributed by atoms with Gasteiger partial charge in [0.25, 0.3) is 0 Å². The zero-order valence-corrected chi connectivity index (χ0v) is 13.1. The van der Waals surface area contributed by atoms with E-state index in [4.69, 9.17) is 14.2 Å². The van der Waals surface area contributed by atoms with Crippen LogP contribution >= 0.6 is 0 Å². The first kappa shape index (κ1) is 15.8. The number of nitrogens with one attached hydrogen (secondary N) is 1. The number of carbonyl (C=O) groups excluding carboxylic acids is 1. The van der Waals surface area contributed by atoms with Crippen LogP contribution in [0.25, 0.3) is 0 Å². The molecule has 2 rings (SSSR count). The van der Waals surface area contributed by atoms with E-state index in [9.17, 15) is 4.79 Å². The molecule has 116 valence electrons. The Morgan fingerprint density at radius 2 is 2.05 bits per heavy atom. The third-order valence-corrected chi connectivity index (χ3v) is 3.69. The molecule has 0 radical (unpaired) electrons. The smallest absolute Gasteiger partial charge is 0.331 e. The predicted molar refractivity (Wildman–Crippen MR) is 79.3 cm³/mol. The molecule has 1 atom stereocenters. The predicted octanol–water partition coefficient (Wildman–Crippen LogP) is 1.85. The Kier molecular flexibility index (Phi) is 4.54. The van der Waals surface area contributed by atoms with Crippen molar-refractivity contribution in [3.8, 4) is 5.75 Å². The maximum absolute atomic E-state index is 12.6. The van der Waals surface area contributed by atoms with E-state index in [0.717, 1.165) is 5.56 Å². The highest BCUT2D eigenvalue weighted by Gasteiger charge is 2.51. The van der Waals surface area contributed by atoms with Crippen LogP contribution in [-0.2, 0) is 19.8 Å². The maximum Gasteiger partial charge on any atom is 0.331 e. The lowest BCUT2D eigenvalue weighted by atomic mass is 9.77. The van der Waals surface area contributed by atoms with Gasteiger partial charge in [-0.25, -0.2) is 4.79 Å². The lowest BCUT2D eigenvalue weighted by Crippen LogP contribution is -2.58. The van der Waals surface area contributed by atoms with Crippen molar-refractivity contribution in [1.29, 1.82) is 0 Å². The highest BCUT2D eigenvalue weighted by Crippen LogP contribution is 2.44. The fraction of sp³-hybridized carbons (Fsp3) is 0.562. The van der Waals surface area contributed by atoms with E-state index in [2.05, 4.69) is 5.32 Å². The molecule has 1 aliphatic heterocycles. The van der Waals surface area contributed by atoms with Crippen LogP contribution in [0.3, 0.4) is 0 Å². The molecule has 5 nitrogen and oxygen atoms in total. The van der Waals surface area contributed by atoms with Gasteiger partial charge in [0.05, 0.1) is 13.7 Å². The summed E-state index contributed by atoms with van der Waals surface area (Å²) < 4.78 is 16.2. The number of ether oxygens (including phenoxy) is 3. The van der Waals surface area contributed by atoms with Crippen LogP contribution in [0.15, 0.2) is 24.3 Å². The quantitative estimate of drug-likeness (QED) is 0.663. The van der Waals surface area contributed by atoms with Gasteiger partial charge in [-0.3, -0.25) is 5.32 Å². The number of carbonyl (C=O) groups is 1. The van der Waals surface area contributed by atoms with E-state index in [-0.39, 0.29) is 5.97 Å². The number of esters is 1. The van der Waals surface area contributed by atoms with Gasteiger partial charge in [-0.1, -0.05) is 18.2 Å². The first-order valence-electron chi connectivity index (χ1n) is 7.06. The van der Waals surface area contributed by atoms with Gasteiger partial charge in [0.15, 0.2) is 0 Å². The average molecular weight is 293 g/mol. The van der Waals surface area contributed by atoms with Crippen LogP contribution in [0.1, 0.15) is 25.8 Å². The van der Waals surface area contributed by atoms with Gasteiger partial charge in [0.1, 0.15) is 16.9 Å². The summed E-state index contributed by atoms with van der Waals surface area (Å²) in [6.45, 7) is 5.01. The molecule has 21 heavy (non-hydrogen) atoms. The molecule has 1 aromatic carbocycles. The van der Waals surface area contributed by atoms with Crippen molar-refractivity contribution in [2.45, 2.75) is 31.4 Å². The van der Waals surface area contributed by atoms with Crippen molar-refractivity contribution in [3.05, 3.63) is 29.8 Å². The number of fused-ring (bicyclic) bond motifs is 1. The second kappa shape index (κ2) is 6.03. The molecule has 0 spiro atoms. The highest BCUT2D eigenvalue weighted by molar-refractivity contribution is 5.84. The number of methoxy groups -OCH3 is 2. The second-order valence-corrected chi connectivity index (χ2v) is 5.85. The fourth-order valence-corrected chi connectivity index (χ4v) is 2.93. The zero-order valence-electron chi connectivity index (χ0n) is 13.1. The van der Waals surface area contributed by atoms with Gasteiger partial charge in [0.2, 0.25) is 0 Å². The van der Waals surface area contributed by atoms with E-state index in [1.54, 1.807) is 7.11 Å². The first-order valence-corrected chi connectivity index (χ1v) is 7.06. The van der Waals surface area contributed by atoms with Crippen LogP contribution in [0.4, 0.5) is 0 Å². The normalized spacial score (nSPS) is 23.0. The summed E-state index contributed by atoms with van der Waals surface area (Å²) in [6.07, 6.45) is 0.493. The molecule has 0 aromatic heterocycles. The molecular weight excluding hydrogens is 270 g/mol. The Balaban J connectivity index is 2.48. The van der Waals surface area contributed by atoms with Crippen molar-refractivity contribution >= 4 is 5.97 Å².